The lowest BCUT2D eigenvalue weighted by atomic mass is 10.1. The Hall–Kier alpha value is -1.93. The molecule has 1 saturated heterocycles. The third-order valence-electron chi connectivity index (χ3n) is 3.01. The molecule has 0 aliphatic carbocycles. The van der Waals surface area contributed by atoms with Gasteiger partial charge < -0.3 is 10.2 Å². The zero-order valence-corrected chi connectivity index (χ0v) is 9.90. The quantitative estimate of drug-likeness (QED) is 0.836. The van der Waals surface area contributed by atoms with Crippen LogP contribution in [0.5, 0.6) is 0 Å². The minimum atomic E-state index is -0.460. The van der Waals surface area contributed by atoms with Crippen molar-refractivity contribution in [3.63, 3.8) is 0 Å². The molecule has 0 aromatic heterocycles. The molecule has 0 radical (unpaired) electrons. The molecular formula is C13H14FN3O. The first kappa shape index (κ1) is 12.5. The number of nitriles is 1. The van der Waals surface area contributed by atoms with Crippen molar-refractivity contribution >= 4 is 5.91 Å². The SMILES string of the molecule is N#CC1CNCCN1C(=O)Cc1ccccc1F. The predicted molar refractivity (Wildman–Crippen MR) is 64.1 cm³/mol. The van der Waals surface area contributed by atoms with Crippen molar-refractivity contribution in [3.8, 4) is 6.07 Å². The molecule has 1 amide bonds. The summed E-state index contributed by atoms with van der Waals surface area (Å²) in [6.07, 6.45) is 0.00481. The second-order valence-corrected chi connectivity index (χ2v) is 4.20. The second-order valence-electron chi connectivity index (χ2n) is 4.20. The van der Waals surface area contributed by atoms with E-state index in [1.807, 2.05) is 0 Å². The molecule has 0 spiro atoms. The molecule has 1 aromatic rings. The number of rotatable bonds is 2. The number of hydrogen-bond donors (Lipinski definition) is 1. The van der Waals surface area contributed by atoms with Gasteiger partial charge in [0, 0.05) is 19.6 Å². The molecule has 94 valence electrons. The van der Waals surface area contributed by atoms with Crippen LogP contribution in [0, 0.1) is 17.1 Å². The number of halogens is 1. The number of carbonyl (C=O) groups is 1. The minimum absolute atomic E-state index is 0.00481. The standard InChI is InChI=1S/C13H14FN3O/c14-12-4-2-1-3-10(12)7-13(18)17-6-5-16-9-11(17)8-15/h1-4,11,16H,5-7,9H2. The third kappa shape index (κ3) is 2.66. The molecule has 1 aliphatic rings. The van der Waals surface area contributed by atoms with E-state index in [0.717, 1.165) is 0 Å². The normalized spacial score (nSPS) is 19.3. The van der Waals surface area contributed by atoms with Crippen molar-refractivity contribution in [3.05, 3.63) is 35.6 Å². The Morgan fingerprint density at radius 1 is 1.56 bits per heavy atom. The molecule has 1 unspecified atom stereocenters. The van der Waals surface area contributed by atoms with Gasteiger partial charge in [0.25, 0.3) is 0 Å². The first-order valence-corrected chi connectivity index (χ1v) is 5.85. The van der Waals surface area contributed by atoms with Gasteiger partial charge in [0.05, 0.1) is 12.5 Å². The smallest absolute Gasteiger partial charge is 0.228 e. The molecular weight excluding hydrogens is 233 g/mol. The number of amides is 1. The summed E-state index contributed by atoms with van der Waals surface area (Å²) in [6.45, 7) is 1.63. The van der Waals surface area contributed by atoms with Gasteiger partial charge in [-0.2, -0.15) is 5.26 Å². The number of nitrogens with one attached hydrogen (secondary N) is 1. The maximum Gasteiger partial charge on any atom is 0.228 e. The fourth-order valence-corrected chi connectivity index (χ4v) is 2.02. The Kier molecular flexibility index (Phi) is 3.90. The molecule has 0 bridgehead atoms. The maximum absolute atomic E-state index is 13.4. The molecule has 1 fully saturated rings. The molecule has 1 atom stereocenters. The highest BCUT2D eigenvalue weighted by Crippen LogP contribution is 2.11. The lowest BCUT2D eigenvalue weighted by Gasteiger charge is -2.32. The first-order valence-electron chi connectivity index (χ1n) is 5.85. The zero-order valence-electron chi connectivity index (χ0n) is 9.90. The van der Waals surface area contributed by atoms with Crippen LogP contribution in [-0.4, -0.2) is 36.5 Å². The van der Waals surface area contributed by atoms with Gasteiger partial charge in [0.15, 0.2) is 0 Å². The molecule has 4 nitrogen and oxygen atoms in total. The monoisotopic (exact) mass is 247 g/mol. The summed E-state index contributed by atoms with van der Waals surface area (Å²) in [5, 5.41) is 12.0. The van der Waals surface area contributed by atoms with Crippen LogP contribution in [0.1, 0.15) is 5.56 Å². The zero-order chi connectivity index (χ0) is 13.0. The number of benzene rings is 1. The number of carbonyl (C=O) groups excluding carboxylic acids is 1. The van der Waals surface area contributed by atoms with Gasteiger partial charge in [-0.25, -0.2) is 4.39 Å². The Labute approximate surface area is 105 Å². The van der Waals surface area contributed by atoms with E-state index in [9.17, 15) is 9.18 Å². The van der Waals surface area contributed by atoms with Gasteiger partial charge in [-0.1, -0.05) is 18.2 Å². The highest BCUT2D eigenvalue weighted by atomic mass is 19.1. The summed E-state index contributed by atoms with van der Waals surface area (Å²) in [7, 11) is 0. The fourth-order valence-electron chi connectivity index (χ4n) is 2.02. The van der Waals surface area contributed by atoms with E-state index in [4.69, 9.17) is 5.26 Å². The van der Waals surface area contributed by atoms with Crippen LogP contribution in [0.4, 0.5) is 4.39 Å². The van der Waals surface area contributed by atoms with E-state index < -0.39 is 6.04 Å². The van der Waals surface area contributed by atoms with Crippen molar-refractivity contribution in [2.75, 3.05) is 19.6 Å². The summed E-state index contributed by atoms with van der Waals surface area (Å²) in [5.41, 5.74) is 0.373. The summed E-state index contributed by atoms with van der Waals surface area (Å²) in [4.78, 5) is 13.6. The van der Waals surface area contributed by atoms with Gasteiger partial charge in [-0.3, -0.25) is 4.79 Å². The van der Waals surface area contributed by atoms with E-state index in [1.54, 1.807) is 18.2 Å². The van der Waals surface area contributed by atoms with Crippen molar-refractivity contribution in [1.82, 2.24) is 10.2 Å². The number of piperazine rings is 1. The van der Waals surface area contributed by atoms with Crippen molar-refractivity contribution in [2.24, 2.45) is 0 Å². The topological polar surface area (TPSA) is 56.1 Å². The van der Waals surface area contributed by atoms with Crippen LogP contribution in [0.15, 0.2) is 24.3 Å². The van der Waals surface area contributed by atoms with E-state index in [0.29, 0.717) is 25.2 Å². The number of hydrogen-bond acceptors (Lipinski definition) is 3. The highest BCUT2D eigenvalue weighted by Gasteiger charge is 2.26. The van der Waals surface area contributed by atoms with E-state index in [2.05, 4.69) is 11.4 Å². The van der Waals surface area contributed by atoms with E-state index >= 15 is 0 Å². The van der Waals surface area contributed by atoms with Crippen molar-refractivity contribution in [1.29, 1.82) is 5.26 Å². The van der Waals surface area contributed by atoms with Crippen LogP contribution >= 0.6 is 0 Å². The molecule has 5 heteroatoms. The molecule has 18 heavy (non-hydrogen) atoms. The van der Waals surface area contributed by atoms with Crippen LogP contribution in [0.3, 0.4) is 0 Å². The van der Waals surface area contributed by atoms with Crippen LogP contribution in [-0.2, 0) is 11.2 Å². The number of nitrogens with zero attached hydrogens (tertiary/aromatic N) is 2. The summed E-state index contributed by atoms with van der Waals surface area (Å²) in [6, 6.07) is 7.84. The molecule has 2 rings (SSSR count). The van der Waals surface area contributed by atoms with Crippen molar-refractivity contribution in [2.45, 2.75) is 12.5 Å². The Bertz CT molecular complexity index is 483. The summed E-state index contributed by atoms with van der Waals surface area (Å²) in [5.74, 6) is -0.581. The van der Waals surface area contributed by atoms with Crippen LogP contribution in [0.2, 0.25) is 0 Å². The summed E-state index contributed by atoms with van der Waals surface area (Å²) >= 11 is 0. The van der Waals surface area contributed by atoms with Gasteiger partial charge in [-0.05, 0) is 11.6 Å². The Balaban J connectivity index is 2.08. The van der Waals surface area contributed by atoms with Crippen LogP contribution in [0.25, 0.3) is 0 Å². The predicted octanol–water partition coefficient (Wildman–Crippen LogP) is 0.692. The van der Waals surface area contributed by atoms with Gasteiger partial charge >= 0.3 is 0 Å². The minimum Gasteiger partial charge on any atom is -0.324 e. The van der Waals surface area contributed by atoms with Gasteiger partial charge in [0.2, 0.25) is 5.91 Å². The Morgan fingerprint density at radius 3 is 3.06 bits per heavy atom. The molecule has 1 aromatic carbocycles. The molecule has 1 heterocycles. The fraction of sp³-hybridized carbons (Fsp3) is 0.385. The highest BCUT2D eigenvalue weighted by molar-refractivity contribution is 5.79. The van der Waals surface area contributed by atoms with Crippen molar-refractivity contribution < 1.29 is 9.18 Å². The molecule has 0 saturated carbocycles. The molecule has 1 aliphatic heterocycles. The summed E-state index contributed by atoms with van der Waals surface area (Å²) < 4.78 is 13.4. The first-order chi connectivity index (χ1) is 8.72. The second kappa shape index (κ2) is 5.61. The molecule has 1 N–H and O–H groups in total. The average molecular weight is 247 g/mol. The van der Waals surface area contributed by atoms with Crippen LogP contribution < -0.4 is 5.32 Å². The largest absolute Gasteiger partial charge is 0.324 e. The van der Waals surface area contributed by atoms with E-state index in [-0.39, 0.29) is 18.1 Å². The van der Waals surface area contributed by atoms with Gasteiger partial charge in [-0.15, -0.1) is 0 Å². The maximum atomic E-state index is 13.4. The lowest BCUT2D eigenvalue weighted by Crippen LogP contribution is -2.53. The lowest BCUT2D eigenvalue weighted by molar-refractivity contribution is -0.132. The van der Waals surface area contributed by atoms with Gasteiger partial charge in [0.1, 0.15) is 11.9 Å². The Morgan fingerprint density at radius 2 is 2.33 bits per heavy atom. The van der Waals surface area contributed by atoms with E-state index in [1.165, 1.54) is 11.0 Å². The average Bonchev–Trinajstić information content (AvgIpc) is 2.41. The third-order valence-corrected chi connectivity index (χ3v) is 3.01.